The van der Waals surface area contributed by atoms with Crippen LogP contribution < -0.4 is 0 Å². The number of fused-ring (bicyclic) bond motifs is 1. The van der Waals surface area contributed by atoms with Gasteiger partial charge in [0, 0.05) is 18.0 Å². The molecule has 0 radical (unpaired) electrons. The molecule has 1 fully saturated rings. The maximum atomic E-state index is 12.8. The fourth-order valence-corrected chi connectivity index (χ4v) is 3.11. The highest BCUT2D eigenvalue weighted by atomic mass is 19.4. The van der Waals surface area contributed by atoms with Crippen LogP contribution in [0.3, 0.4) is 0 Å². The van der Waals surface area contributed by atoms with Crippen molar-refractivity contribution in [3.63, 3.8) is 0 Å². The third kappa shape index (κ3) is 3.82. The molecule has 0 saturated heterocycles. The van der Waals surface area contributed by atoms with Crippen LogP contribution >= 0.6 is 0 Å². The third-order valence-electron chi connectivity index (χ3n) is 4.71. The minimum Gasteiger partial charge on any atom is -0.356 e. The SMILES string of the molecule is O=C(Cc1noc2ccccc12)N(Cc1ccc(C(F)(F)F)cc1)C1CC1. The molecule has 3 aromatic rings. The Morgan fingerprint density at radius 2 is 1.81 bits per heavy atom. The second kappa shape index (κ2) is 6.72. The number of para-hydroxylation sites is 1. The molecule has 4 rings (SSSR count). The van der Waals surface area contributed by atoms with E-state index in [-0.39, 0.29) is 24.9 Å². The molecular formula is C20H17F3N2O2. The molecule has 0 atom stereocenters. The zero-order valence-corrected chi connectivity index (χ0v) is 14.4. The van der Waals surface area contributed by atoms with E-state index in [1.54, 1.807) is 11.0 Å². The monoisotopic (exact) mass is 374 g/mol. The lowest BCUT2D eigenvalue weighted by Gasteiger charge is -2.22. The van der Waals surface area contributed by atoms with E-state index in [1.807, 2.05) is 18.2 Å². The van der Waals surface area contributed by atoms with Crippen molar-refractivity contribution in [2.75, 3.05) is 0 Å². The number of hydrogen-bond donors (Lipinski definition) is 0. The van der Waals surface area contributed by atoms with Crippen molar-refractivity contribution >= 4 is 16.9 Å². The van der Waals surface area contributed by atoms with Crippen LogP contribution in [-0.4, -0.2) is 22.0 Å². The van der Waals surface area contributed by atoms with E-state index in [4.69, 9.17) is 4.52 Å². The molecule has 0 N–H and O–H groups in total. The molecule has 0 spiro atoms. The van der Waals surface area contributed by atoms with Gasteiger partial charge in [-0.3, -0.25) is 4.79 Å². The first-order valence-corrected chi connectivity index (χ1v) is 8.71. The maximum Gasteiger partial charge on any atom is 0.416 e. The van der Waals surface area contributed by atoms with Crippen molar-refractivity contribution < 1.29 is 22.5 Å². The molecule has 0 bridgehead atoms. The molecule has 140 valence electrons. The van der Waals surface area contributed by atoms with E-state index in [1.165, 1.54) is 12.1 Å². The smallest absolute Gasteiger partial charge is 0.356 e. The number of nitrogens with zero attached hydrogens (tertiary/aromatic N) is 2. The van der Waals surface area contributed by atoms with Crippen LogP contribution in [0, 0.1) is 0 Å². The Morgan fingerprint density at radius 3 is 2.48 bits per heavy atom. The Bertz CT molecular complexity index is 959. The van der Waals surface area contributed by atoms with E-state index < -0.39 is 11.7 Å². The highest BCUT2D eigenvalue weighted by Gasteiger charge is 2.34. The molecule has 0 unspecified atom stereocenters. The molecule has 0 aliphatic heterocycles. The van der Waals surface area contributed by atoms with Crippen LogP contribution in [0.5, 0.6) is 0 Å². The highest BCUT2D eigenvalue weighted by molar-refractivity contribution is 5.86. The van der Waals surface area contributed by atoms with Gasteiger partial charge >= 0.3 is 6.18 Å². The van der Waals surface area contributed by atoms with Gasteiger partial charge in [0.2, 0.25) is 5.91 Å². The molecule has 1 aliphatic carbocycles. The Hall–Kier alpha value is -2.83. The third-order valence-corrected chi connectivity index (χ3v) is 4.71. The highest BCUT2D eigenvalue weighted by Crippen LogP contribution is 2.32. The fraction of sp³-hybridized carbons (Fsp3) is 0.300. The Balaban J connectivity index is 1.50. The van der Waals surface area contributed by atoms with Crippen LogP contribution in [0.15, 0.2) is 53.1 Å². The number of carbonyl (C=O) groups excluding carboxylic acids is 1. The predicted octanol–water partition coefficient (Wildman–Crippen LogP) is 4.58. The second-order valence-electron chi connectivity index (χ2n) is 6.75. The van der Waals surface area contributed by atoms with Gasteiger partial charge < -0.3 is 9.42 Å². The summed E-state index contributed by atoms with van der Waals surface area (Å²) in [6.45, 7) is 0.289. The minimum absolute atomic E-state index is 0.101. The summed E-state index contributed by atoms with van der Waals surface area (Å²) < 4.78 is 43.4. The van der Waals surface area contributed by atoms with Crippen molar-refractivity contribution in [1.29, 1.82) is 0 Å². The fourth-order valence-electron chi connectivity index (χ4n) is 3.11. The average Bonchev–Trinajstić information content (AvgIpc) is 3.41. The lowest BCUT2D eigenvalue weighted by Crippen LogP contribution is -2.34. The summed E-state index contributed by atoms with van der Waals surface area (Å²) in [5.41, 5.74) is 1.19. The van der Waals surface area contributed by atoms with E-state index >= 15 is 0 Å². The summed E-state index contributed by atoms with van der Waals surface area (Å²) in [6, 6.07) is 12.4. The normalized spacial score (nSPS) is 14.5. The van der Waals surface area contributed by atoms with Gasteiger partial charge in [-0.25, -0.2) is 0 Å². The van der Waals surface area contributed by atoms with Crippen LogP contribution in [0.1, 0.15) is 29.7 Å². The Morgan fingerprint density at radius 1 is 1.11 bits per heavy atom. The van der Waals surface area contributed by atoms with E-state index in [2.05, 4.69) is 5.16 Å². The van der Waals surface area contributed by atoms with Crippen LogP contribution in [0.25, 0.3) is 11.0 Å². The second-order valence-corrected chi connectivity index (χ2v) is 6.75. The van der Waals surface area contributed by atoms with Crippen molar-refractivity contribution in [3.05, 3.63) is 65.4 Å². The number of benzene rings is 2. The number of alkyl halides is 3. The van der Waals surface area contributed by atoms with Gasteiger partial charge in [-0.15, -0.1) is 0 Å². The molecule has 1 aliphatic rings. The number of aromatic nitrogens is 1. The number of hydrogen-bond acceptors (Lipinski definition) is 3. The van der Waals surface area contributed by atoms with Crippen molar-refractivity contribution in [1.82, 2.24) is 10.1 Å². The first-order valence-electron chi connectivity index (χ1n) is 8.71. The number of amides is 1. The zero-order valence-electron chi connectivity index (χ0n) is 14.4. The predicted molar refractivity (Wildman–Crippen MR) is 92.7 cm³/mol. The summed E-state index contributed by atoms with van der Waals surface area (Å²) in [6.07, 6.45) is -2.44. The van der Waals surface area contributed by atoms with Crippen LogP contribution in [0.2, 0.25) is 0 Å². The van der Waals surface area contributed by atoms with E-state index in [9.17, 15) is 18.0 Å². The van der Waals surface area contributed by atoms with Gasteiger partial charge in [0.1, 0.15) is 5.69 Å². The number of rotatable bonds is 5. The summed E-state index contributed by atoms with van der Waals surface area (Å²) in [7, 11) is 0. The molecule has 7 heteroatoms. The summed E-state index contributed by atoms with van der Waals surface area (Å²) in [5, 5.41) is 4.80. The molecular weight excluding hydrogens is 357 g/mol. The molecule has 2 aromatic carbocycles. The maximum absolute atomic E-state index is 12.8. The van der Waals surface area contributed by atoms with Gasteiger partial charge in [-0.05, 0) is 42.7 Å². The van der Waals surface area contributed by atoms with Crippen molar-refractivity contribution in [3.8, 4) is 0 Å². The first kappa shape index (κ1) is 17.6. The van der Waals surface area contributed by atoms with Gasteiger partial charge in [0.25, 0.3) is 0 Å². The van der Waals surface area contributed by atoms with E-state index in [0.29, 0.717) is 16.8 Å². The van der Waals surface area contributed by atoms with E-state index in [0.717, 1.165) is 30.4 Å². The van der Waals surface area contributed by atoms with Gasteiger partial charge in [-0.2, -0.15) is 13.2 Å². The van der Waals surface area contributed by atoms with Gasteiger partial charge in [0.05, 0.1) is 12.0 Å². The molecule has 1 aromatic heterocycles. The average molecular weight is 374 g/mol. The molecule has 1 saturated carbocycles. The largest absolute Gasteiger partial charge is 0.416 e. The summed E-state index contributed by atoms with van der Waals surface area (Å²) >= 11 is 0. The Kier molecular flexibility index (Phi) is 4.37. The quantitative estimate of drug-likeness (QED) is 0.657. The van der Waals surface area contributed by atoms with Gasteiger partial charge in [-0.1, -0.05) is 29.4 Å². The number of carbonyl (C=O) groups is 1. The van der Waals surface area contributed by atoms with Gasteiger partial charge in [0.15, 0.2) is 5.58 Å². The number of halogens is 3. The minimum atomic E-state index is -4.36. The van der Waals surface area contributed by atoms with Crippen LogP contribution in [0.4, 0.5) is 13.2 Å². The van der Waals surface area contributed by atoms with Crippen molar-refractivity contribution in [2.45, 2.75) is 38.0 Å². The molecule has 1 amide bonds. The topological polar surface area (TPSA) is 46.3 Å². The standard InChI is InChI=1S/C20H17F3N2O2/c21-20(22,23)14-7-5-13(6-8-14)12-25(15-9-10-15)19(26)11-17-16-3-1-2-4-18(16)27-24-17/h1-8,15H,9-12H2. The first-order chi connectivity index (χ1) is 12.9. The lowest BCUT2D eigenvalue weighted by atomic mass is 10.1. The molecule has 27 heavy (non-hydrogen) atoms. The summed E-state index contributed by atoms with van der Waals surface area (Å²) in [5.74, 6) is -0.101. The molecule has 1 heterocycles. The van der Waals surface area contributed by atoms with Crippen molar-refractivity contribution in [2.24, 2.45) is 0 Å². The molecule has 4 nitrogen and oxygen atoms in total. The lowest BCUT2D eigenvalue weighted by molar-refractivity contribution is -0.137. The zero-order chi connectivity index (χ0) is 19.0. The Labute approximate surface area is 153 Å². The summed E-state index contributed by atoms with van der Waals surface area (Å²) in [4.78, 5) is 14.6. The van der Waals surface area contributed by atoms with Crippen LogP contribution in [-0.2, 0) is 23.9 Å².